The normalized spacial score (nSPS) is 18.3. The Labute approximate surface area is 183 Å². The monoisotopic (exact) mass is 471 g/mol. The third kappa shape index (κ3) is 4.33. The summed E-state index contributed by atoms with van der Waals surface area (Å²) in [4.78, 5) is 13.1. The van der Waals surface area contributed by atoms with Gasteiger partial charge < -0.3 is 10.7 Å². The molecule has 12 heteroatoms. The van der Waals surface area contributed by atoms with Crippen molar-refractivity contribution < 1.29 is 22.4 Å². The number of carbonyl (C=O) groups excluding carboxylic acids is 1. The van der Waals surface area contributed by atoms with Crippen LogP contribution in [0.5, 0.6) is 0 Å². The van der Waals surface area contributed by atoms with Gasteiger partial charge in [0.15, 0.2) is 0 Å². The van der Waals surface area contributed by atoms with Crippen molar-refractivity contribution >= 4 is 35.0 Å². The molecule has 2 N–H and O–H groups in total. The van der Waals surface area contributed by atoms with Gasteiger partial charge in [0.25, 0.3) is 0 Å². The minimum Gasteiger partial charge on any atom is -0.324 e. The Hall–Kier alpha value is -2.79. The van der Waals surface area contributed by atoms with Gasteiger partial charge in [-0.2, -0.15) is 13.2 Å². The number of benzene rings is 2. The molecule has 0 bridgehead atoms. The van der Waals surface area contributed by atoms with Gasteiger partial charge in [0.1, 0.15) is 16.9 Å². The number of aryl methyl sites for hydroxylation is 1. The standard InChI is InChI=1S/C19H14ClF4N5OS/c1-9-26-27-18-29(9)28-15(10-2-5-12(21)6-3-10)16(31-18)17(30)25-14-8-11(19(22,23)24)4-7-13(14)20/h2-8,15-16,28H,1H3,(H,25,30). The Morgan fingerprint density at radius 3 is 2.58 bits per heavy atom. The van der Waals surface area contributed by atoms with Gasteiger partial charge in [-0.15, -0.1) is 10.2 Å². The van der Waals surface area contributed by atoms with Crippen LogP contribution in [-0.4, -0.2) is 26.0 Å². The summed E-state index contributed by atoms with van der Waals surface area (Å²) < 4.78 is 54.2. The first-order valence-corrected chi connectivity index (χ1v) is 10.2. The summed E-state index contributed by atoms with van der Waals surface area (Å²) in [5.41, 5.74) is 2.62. The van der Waals surface area contributed by atoms with Crippen LogP contribution in [0, 0.1) is 12.7 Å². The van der Waals surface area contributed by atoms with Gasteiger partial charge in [0, 0.05) is 0 Å². The fourth-order valence-corrected chi connectivity index (χ4v) is 4.37. The molecule has 31 heavy (non-hydrogen) atoms. The highest BCUT2D eigenvalue weighted by molar-refractivity contribution is 8.00. The lowest BCUT2D eigenvalue weighted by Crippen LogP contribution is -2.41. The maximum absolute atomic E-state index is 13.4. The number of thioether (sulfide) groups is 1. The highest BCUT2D eigenvalue weighted by Crippen LogP contribution is 2.39. The summed E-state index contributed by atoms with van der Waals surface area (Å²) in [7, 11) is 0. The van der Waals surface area contributed by atoms with Crippen molar-refractivity contribution in [3.8, 4) is 0 Å². The Balaban J connectivity index is 1.67. The SMILES string of the molecule is Cc1nnc2n1NC(c1ccc(F)cc1)C(C(=O)Nc1cc(C(F)(F)F)ccc1Cl)S2. The molecule has 0 fully saturated rings. The fourth-order valence-electron chi connectivity index (χ4n) is 3.08. The topological polar surface area (TPSA) is 71.8 Å². The summed E-state index contributed by atoms with van der Waals surface area (Å²) in [6.07, 6.45) is -4.59. The van der Waals surface area contributed by atoms with Gasteiger partial charge in [-0.3, -0.25) is 4.79 Å². The van der Waals surface area contributed by atoms with Crippen LogP contribution in [0.25, 0.3) is 0 Å². The molecule has 162 valence electrons. The lowest BCUT2D eigenvalue weighted by atomic mass is 10.0. The Morgan fingerprint density at radius 2 is 1.90 bits per heavy atom. The quantitative estimate of drug-likeness (QED) is 0.537. The number of hydrogen-bond acceptors (Lipinski definition) is 5. The molecule has 3 aromatic rings. The summed E-state index contributed by atoms with van der Waals surface area (Å²) in [5, 5.41) is 9.96. The molecule has 0 saturated carbocycles. The van der Waals surface area contributed by atoms with Crippen LogP contribution in [0.2, 0.25) is 5.02 Å². The average Bonchev–Trinajstić information content (AvgIpc) is 3.08. The van der Waals surface area contributed by atoms with Crippen molar-refractivity contribution in [2.75, 3.05) is 10.7 Å². The number of fused-ring (bicyclic) bond motifs is 1. The van der Waals surface area contributed by atoms with Crippen molar-refractivity contribution in [2.24, 2.45) is 0 Å². The van der Waals surface area contributed by atoms with Crippen LogP contribution in [0.3, 0.4) is 0 Å². The van der Waals surface area contributed by atoms with Gasteiger partial charge in [-0.1, -0.05) is 35.5 Å². The van der Waals surface area contributed by atoms with Crippen LogP contribution in [-0.2, 0) is 11.0 Å². The van der Waals surface area contributed by atoms with Crippen LogP contribution in [0.15, 0.2) is 47.6 Å². The van der Waals surface area contributed by atoms with E-state index in [1.807, 2.05) is 0 Å². The molecule has 0 aliphatic carbocycles. The molecule has 6 nitrogen and oxygen atoms in total. The molecule has 0 radical (unpaired) electrons. The fraction of sp³-hybridized carbons (Fsp3) is 0.211. The third-order valence-corrected chi connectivity index (χ3v) is 6.18. The van der Waals surface area contributed by atoms with Gasteiger partial charge in [0.2, 0.25) is 11.1 Å². The van der Waals surface area contributed by atoms with E-state index in [0.717, 1.165) is 30.0 Å². The predicted octanol–water partition coefficient (Wildman–Crippen LogP) is 4.80. The van der Waals surface area contributed by atoms with Gasteiger partial charge >= 0.3 is 6.18 Å². The van der Waals surface area contributed by atoms with Crippen molar-refractivity contribution in [1.29, 1.82) is 0 Å². The highest BCUT2D eigenvalue weighted by Gasteiger charge is 2.38. The maximum Gasteiger partial charge on any atom is 0.416 e. The number of alkyl halides is 3. The molecule has 2 atom stereocenters. The van der Waals surface area contributed by atoms with Crippen LogP contribution in [0.4, 0.5) is 23.2 Å². The second kappa shape index (κ2) is 8.04. The predicted molar refractivity (Wildman–Crippen MR) is 108 cm³/mol. The minimum atomic E-state index is -4.59. The zero-order valence-corrected chi connectivity index (χ0v) is 17.3. The molecule has 2 heterocycles. The van der Waals surface area contributed by atoms with E-state index in [1.54, 1.807) is 11.6 Å². The number of aromatic nitrogens is 3. The Bertz CT molecular complexity index is 1140. The third-order valence-electron chi connectivity index (χ3n) is 4.64. The number of rotatable bonds is 3. The van der Waals surface area contributed by atoms with Crippen molar-refractivity contribution in [3.05, 3.63) is 70.3 Å². The molecular weight excluding hydrogens is 458 g/mol. The molecule has 0 saturated heterocycles. The van der Waals surface area contributed by atoms with E-state index in [0.29, 0.717) is 16.5 Å². The number of halogens is 5. The summed E-state index contributed by atoms with van der Waals surface area (Å²) in [6, 6.07) is 7.61. The van der Waals surface area contributed by atoms with Crippen LogP contribution < -0.4 is 10.7 Å². The summed E-state index contributed by atoms with van der Waals surface area (Å²) in [6.45, 7) is 1.72. The van der Waals surface area contributed by atoms with E-state index in [1.165, 1.54) is 24.3 Å². The molecule has 4 rings (SSSR count). The lowest BCUT2D eigenvalue weighted by Gasteiger charge is -2.32. The second-order valence-corrected chi connectivity index (χ2v) is 8.26. The molecule has 1 aliphatic rings. The van der Waals surface area contributed by atoms with E-state index < -0.39 is 34.8 Å². The van der Waals surface area contributed by atoms with Gasteiger partial charge in [0.05, 0.1) is 22.3 Å². The zero-order chi connectivity index (χ0) is 22.3. The molecule has 2 aromatic carbocycles. The molecule has 1 aromatic heterocycles. The van der Waals surface area contributed by atoms with E-state index in [-0.39, 0.29) is 10.7 Å². The van der Waals surface area contributed by atoms with Gasteiger partial charge in [-0.05, 0) is 42.8 Å². The molecular formula is C19H14ClF4N5OS. The van der Waals surface area contributed by atoms with Crippen LogP contribution in [0.1, 0.15) is 23.0 Å². The van der Waals surface area contributed by atoms with E-state index in [4.69, 9.17) is 11.6 Å². The Kier molecular flexibility index (Phi) is 5.56. The van der Waals surface area contributed by atoms with E-state index in [9.17, 15) is 22.4 Å². The average molecular weight is 472 g/mol. The summed E-state index contributed by atoms with van der Waals surface area (Å²) >= 11 is 7.10. The lowest BCUT2D eigenvalue weighted by molar-refractivity contribution is -0.137. The van der Waals surface area contributed by atoms with Crippen molar-refractivity contribution in [1.82, 2.24) is 14.9 Å². The summed E-state index contributed by atoms with van der Waals surface area (Å²) in [5.74, 6) is -0.487. The first-order valence-electron chi connectivity index (χ1n) is 8.92. The number of nitrogens with one attached hydrogen (secondary N) is 2. The van der Waals surface area contributed by atoms with E-state index in [2.05, 4.69) is 20.9 Å². The van der Waals surface area contributed by atoms with Crippen molar-refractivity contribution in [3.63, 3.8) is 0 Å². The van der Waals surface area contributed by atoms with Crippen molar-refractivity contribution in [2.45, 2.75) is 29.5 Å². The molecule has 1 aliphatic heterocycles. The van der Waals surface area contributed by atoms with E-state index >= 15 is 0 Å². The van der Waals surface area contributed by atoms with Gasteiger partial charge in [-0.25, -0.2) is 9.07 Å². The largest absolute Gasteiger partial charge is 0.416 e. The number of nitrogens with zero attached hydrogens (tertiary/aromatic N) is 3. The first kappa shape index (κ1) is 21.4. The van der Waals surface area contributed by atoms with Crippen LogP contribution >= 0.6 is 23.4 Å². The first-order chi connectivity index (χ1) is 14.6. The highest BCUT2D eigenvalue weighted by atomic mass is 35.5. The Morgan fingerprint density at radius 1 is 1.19 bits per heavy atom. The smallest absolute Gasteiger partial charge is 0.324 e. The zero-order valence-electron chi connectivity index (χ0n) is 15.7. The number of anilines is 1. The minimum absolute atomic E-state index is 0.0348. The maximum atomic E-state index is 13.4. The molecule has 0 spiro atoms. The second-order valence-electron chi connectivity index (χ2n) is 6.74. The molecule has 2 unspecified atom stereocenters. The number of amides is 1. The number of carbonyl (C=O) groups is 1. The number of hydrogen-bond donors (Lipinski definition) is 2. The molecule has 1 amide bonds.